The first-order valence-electron chi connectivity index (χ1n) is 9.61. The van der Waals surface area contributed by atoms with Crippen LogP contribution in [0.2, 0.25) is 0 Å². The fourth-order valence-electron chi connectivity index (χ4n) is 3.17. The van der Waals surface area contributed by atoms with E-state index in [2.05, 4.69) is 27.7 Å². The molecule has 7 nitrogen and oxygen atoms in total. The first kappa shape index (κ1) is 19.4. The summed E-state index contributed by atoms with van der Waals surface area (Å²) >= 11 is 0. The van der Waals surface area contributed by atoms with E-state index in [1.54, 1.807) is 0 Å². The van der Waals surface area contributed by atoms with E-state index in [1.165, 1.54) is 0 Å². The van der Waals surface area contributed by atoms with Gasteiger partial charge in [-0.15, -0.1) is 0 Å². The van der Waals surface area contributed by atoms with Crippen molar-refractivity contribution in [3.63, 3.8) is 0 Å². The van der Waals surface area contributed by atoms with Gasteiger partial charge < -0.3 is 19.9 Å². The summed E-state index contributed by atoms with van der Waals surface area (Å²) in [6.45, 7) is 7.56. The summed E-state index contributed by atoms with van der Waals surface area (Å²) in [6, 6.07) is 7.55. The standard InChI is InChI=1S/C20H28N4O3/c1-3-26-16-6-4-15(5-7-16)19-23-18(27-24-19)9-8-17(25)22-14-20(2)10-12-21-13-11-20/h4-7,21H,3,8-14H2,1-2H3,(H,22,25). The maximum Gasteiger partial charge on any atom is 0.227 e. The maximum atomic E-state index is 12.1. The predicted molar refractivity (Wildman–Crippen MR) is 102 cm³/mol. The lowest BCUT2D eigenvalue weighted by Gasteiger charge is -2.34. The van der Waals surface area contributed by atoms with E-state index in [4.69, 9.17) is 9.26 Å². The number of ether oxygens (including phenoxy) is 1. The molecule has 1 aromatic carbocycles. The lowest BCUT2D eigenvalue weighted by atomic mass is 9.81. The third kappa shape index (κ3) is 5.53. The first-order chi connectivity index (χ1) is 13.1. The van der Waals surface area contributed by atoms with Crippen LogP contribution in [0.4, 0.5) is 0 Å². The number of nitrogens with one attached hydrogen (secondary N) is 2. The molecular weight excluding hydrogens is 344 g/mol. The number of hydrogen-bond acceptors (Lipinski definition) is 6. The Labute approximate surface area is 159 Å². The second-order valence-electron chi connectivity index (χ2n) is 7.31. The molecule has 1 aliphatic rings. The zero-order valence-corrected chi connectivity index (χ0v) is 16.1. The highest BCUT2D eigenvalue weighted by Crippen LogP contribution is 2.26. The fourth-order valence-corrected chi connectivity index (χ4v) is 3.17. The summed E-state index contributed by atoms with van der Waals surface area (Å²) in [5.41, 5.74) is 1.04. The van der Waals surface area contributed by atoms with Gasteiger partial charge in [-0.25, -0.2) is 0 Å². The summed E-state index contributed by atoms with van der Waals surface area (Å²) in [5, 5.41) is 10.4. The van der Waals surface area contributed by atoms with Crippen molar-refractivity contribution in [2.45, 2.75) is 39.5 Å². The van der Waals surface area contributed by atoms with E-state index >= 15 is 0 Å². The molecule has 1 aliphatic heterocycles. The molecule has 2 N–H and O–H groups in total. The Balaban J connectivity index is 1.46. The van der Waals surface area contributed by atoms with E-state index in [0.717, 1.165) is 43.8 Å². The minimum atomic E-state index is 0.0237. The topological polar surface area (TPSA) is 89.3 Å². The lowest BCUT2D eigenvalue weighted by Crippen LogP contribution is -2.42. The van der Waals surface area contributed by atoms with Crippen LogP contribution < -0.4 is 15.4 Å². The number of aryl methyl sites for hydroxylation is 1. The van der Waals surface area contributed by atoms with Crippen LogP contribution in [-0.4, -0.2) is 42.3 Å². The molecule has 0 aliphatic carbocycles. The SMILES string of the molecule is CCOc1ccc(-c2noc(CCC(=O)NCC3(C)CCNCC3)n2)cc1. The van der Waals surface area contributed by atoms with Crippen molar-refractivity contribution in [2.75, 3.05) is 26.2 Å². The Hall–Kier alpha value is -2.41. The van der Waals surface area contributed by atoms with Gasteiger partial charge in [0.1, 0.15) is 5.75 Å². The highest BCUT2D eigenvalue weighted by Gasteiger charge is 2.27. The molecule has 7 heteroatoms. The quantitative estimate of drug-likeness (QED) is 0.740. The van der Waals surface area contributed by atoms with Gasteiger partial charge in [0.25, 0.3) is 0 Å². The molecule has 0 atom stereocenters. The molecule has 1 saturated heterocycles. The zero-order valence-electron chi connectivity index (χ0n) is 16.1. The lowest BCUT2D eigenvalue weighted by molar-refractivity contribution is -0.121. The third-order valence-electron chi connectivity index (χ3n) is 4.98. The van der Waals surface area contributed by atoms with E-state index in [1.807, 2.05) is 31.2 Å². The molecule has 1 aromatic heterocycles. The van der Waals surface area contributed by atoms with Crippen LogP contribution in [0.5, 0.6) is 5.75 Å². The number of hydrogen-bond donors (Lipinski definition) is 2. The predicted octanol–water partition coefficient (Wildman–Crippen LogP) is 2.57. The fraction of sp³-hybridized carbons (Fsp3) is 0.550. The molecule has 27 heavy (non-hydrogen) atoms. The molecule has 2 aromatic rings. The van der Waals surface area contributed by atoms with Crippen molar-refractivity contribution in [1.82, 2.24) is 20.8 Å². The number of rotatable bonds is 8. The van der Waals surface area contributed by atoms with Crippen LogP contribution in [0.3, 0.4) is 0 Å². The molecule has 0 unspecified atom stereocenters. The van der Waals surface area contributed by atoms with Gasteiger partial charge in [-0.3, -0.25) is 4.79 Å². The van der Waals surface area contributed by atoms with Gasteiger partial charge in [0.05, 0.1) is 6.61 Å². The average molecular weight is 372 g/mol. The summed E-state index contributed by atoms with van der Waals surface area (Å²) in [6.07, 6.45) is 2.96. The second kappa shape index (κ2) is 8.99. The highest BCUT2D eigenvalue weighted by atomic mass is 16.5. The molecule has 0 spiro atoms. The van der Waals surface area contributed by atoms with Gasteiger partial charge in [0.15, 0.2) is 0 Å². The van der Waals surface area contributed by atoms with Crippen molar-refractivity contribution < 1.29 is 14.1 Å². The zero-order chi connectivity index (χ0) is 19.1. The summed E-state index contributed by atoms with van der Waals surface area (Å²) < 4.78 is 10.7. The average Bonchev–Trinajstić information content (AvgIpc) is 3.15. The van der Waals surface area contributed by atoms with Crippen molar-refractivity contribution >= 4 is 5.91 Å². The molecule has 0 saturated carbocycles. The number of benzene rings is 1. The normalized spacial score (nSPS) is 16.1. The van der Waals surface area contributed by atoms with E-state index in [-0.39, 0.29) is 11.3 Å². The number of nitrogens with zero attached hydrogens (tertiary/aromatic N) is 2. The van der Waals surface area contributed by atoms with Gasteiger partial charge in [-0.1, -0.05) is 12.1 Å². The third-order valence-corrected chi connectivity index (χ3v) is 4.98. The monoisotopic (exact) mass is 372 g/mol. The Morgan fingerprint density at radius 2 is 2.04 bits per heavy atom. The summed E-state index contributed by atoms with van der Waals surface area (Å²) in [5.74, 6) is 1.83. The van der Waals surface area contributed by atoms with Crippen LogP contribution >= 0.6 is 0 Å². The molecular formula is C20H28N4O3. The molecule has 0 bridgehead atoms. The number of aromatic nitrogens is 2. The van der Waals surface area contributed by atoms with Crippen LogP contribution in [0.15, 0.2) is 28.8 Å². The van der Waals surface area contributed by atoms with E-state index < -0.39 is 0 Å². The van der Waals surface area contributed by atoms with Gasteiger partial charge in [-0.2, -0.15) is 4.98 Å². The molecule has 1 fully saturated rings. The van der Waals surface area contributed by atoms with Gasteiger partial charge >= 0.3 is 0 Å². The minimum Gasteiger partial charge on any atom is -0.494 e. The van der Waals surface area contributed by atoms with Crippen LogP contribution in [0.1, 0.15) is 39.0 Å². The highest BCUT2D eigenvalue weighted by molar-refractivity contribution is 5.76. The van der Waals surface area contributed by atoms with Crippen molar-refractivity contribution in [2.24, 2.45) is 5.41 Å². The van der Waals surface area contributed by atoms with E-state index in [9.17, 15) is 4.79 Å². The Kier molecular flexibility index (Phi) is 6.45. The maximum absolute atomic E-state index is 12.1. The molecule has 3 rings (SSSR count). The first-order valence-corrected chi connectivity index (χ1v) is 9.61. The number of piperidine rings is 1. The number of amides is 1. The molecule has 146 valence electrons. The van der Waals surface area contributed by atoms with Crippen LogP contribution in [-0.2, 0) is 11.2 Å². The largest absolute Gasteiger partial charge is 0.494 e. The van der Waals surface area contributed by atoms with Crippen LogP contribution in [0, 0.1) is 5.41 Å². The van der Waals surface area contributed by atoms with Crippen molar-refractivity contribution in [1.29, 1.82) is 0 Å². The summed E-state index contributed by atoms with van der Waals surface area (Å²) in [7, 11) is 0. The molecule has 1 amide bonds. The number of carbonyl (C=O) groups excluding carboxylic acids is 1. The Bertz CT molecular complexity index is 736. The van der Waals surface area contributed by atoms with Crippen LogP contribution in [0.25, 0.3) is 11.4 Å². The van der Waals surface area contributed by atoms with Gasteiger partial charge in [0.2, 0.25) is 17.6 Å². The van der Waals surface area contributed by atoms with Gasteiger partial charge in [-0.05, 0) is 62.5 Å². The van der Waals surface area contributed by atoms with E-state index in [0.29, 0.717) is 31.2 Å². The van der Waals surface area contributed by atoms with Gasteiger partial charge in [0, 0.05) is 24.9 Å². The van der Waals surface area contributed by atoms with Crippen molar-refractivity contribution in [3.05, 3.63) is 30.2 Å². The number of carbonyl (C=O) groups is 1. The molecule has 0 radical (unpaired) electrons. The minimum absolute atomic E-state index is 0.0237. The second-order valence-corrected chi connectivity index (χ2v) is 7.31. The Morgan fingerprint density at radius 3 is 2.74 bits per heavy atom. The molecule has 2 heterocycles. The summed E-state index contributed by atoms with van der Waals surface area (Å²) in [4.78, 5) is 16.5. The Morgan fingerprint density at radius 1 is 1.30 bits per heavy atom. The smallest absolute Gasteiger partial charge is 0.227 e. The van der Waals surface area contributed by atoms with Crippen molar-refractivity contribution in [3.8, 4) is 17.1 Å².